The molecule has 37 heavy (non-hydrogen) atoms. The SMILES string of the molecule is CC1=NN(c2c(F)c(F)c(F)c(F)c2F)C(=O)/C1=C/c1ccc(OCc2ccc3c(c2)OCO3)c(I)c1. The Morgan fingerprint density at radius 1 is 0.973 bits per heavy atom. The molecule has 2 aliphatic heterocycles. The summed E-state index contributed by atoms with van der Waals surface area (Å²) in [6.45, 7) is 1.80. The number of hydrogen-bond donors (Lipinski definition) is 0. The summed E-state index contributed by atoms with van der Waals surface area (Å²) in [4.78, 5) is 12.8. The third kappa shape index (κ3) is 4.49. The van der Waals surface area contributed by atoms with Gasteiger partial charge in [0.15, 0.2) is 34.8 Å². The van der Waals surface area contributed by atoms with Gasteiger partial charge < -0.3 is 14.2 Å². The Bertz CT molecular complexity index is 1500. The van der Waals surface area contributed by atoms with E-state index in [-0.39, 0.29) is 29.7 Å². The summed E-state index contributed by atoms with van der Waals surface area (Å²) in [5.74, 6) is -10.1. The summed E-state index contributed by atoms with van der Waals surface area (Å²) in [5, 5.41) is 3.90. The maximum Gasteiger partial charge on any atom is 0.280 e. The molecule has 0 N–H and O–H groups in total. The lowest BCUT2D eigenvalue weighted by Gasteiger charge is -2.15. The Morgan fingerprint density at radius 3 is 2.35 bits per heavy atom. The standard InChI is InChI=1S/C25H14F5IN2O4/c1-11-14(25(34)33(32-11)24-22(29)20(27)19(26)21(28)23(24)30)6-12-2-4-16(15(31)7-12)35-9-13-3-5-17-18(8-13)37-10-36-17/h2-8H,9-10H2,1H3/b14-6+. The number of hydrogen-bond acceptors (Lipinski definition) is 5. The number of fused-ring (bicyclic) bond motifs is 1. The molecule has 0 aromatic heterocycles. The van der Waals surface area contributed by atoms with E-state index < -0.39 is 40.7 Å². The van der Waals surface area contributed by atoms with Crippen LogP contribution in [-0.4, -0.2) is 18.4 Å². The number of carbonyl (C=O) groups excluding carboxylic acids is 1. The predicted molar refractivity (Wildman–Crippen MR) is 131 cm³/mol. The molecule has 0 atom stereocenters. The van der Waals surface area contributed by atoms with Crippen LogP contribution in [0.15, 0.2) is 47.1 Å². The highest BCUT2D eigenvalue weighted by atomic mass is 127. The zero-order chi connectivity index (χ0) is 26.4. The molecule has 0 spiro atoms. The highest BCUT2D eigenvalue weighted by molar-refractivity contribution is 14.1. The third-order valence-electron chi connectivity index (χ3n) is 5.56. The van der Waals surface area contributed by atoms with Gasteiger partial charge in [-0.2, -0.15) is 10.1 Å². The molecule has 0 unspecified atom stereocenters. The summed E-state index contributed by atoms with van der Waals surface area (Å²) in [7, 11) is 0. The van der Waals surface area contributed by atoms with Crippen molar-refractivity contribution in [2.75, 3.05) is 11.8 Å². The summed E-state index contributed by atoms with van der Waals surface area (Å²) >= 11 is 2.04. The van der Waals surface area contributed by atoms with Gasteiger partial charge in [0.25, 0.3) is 5.91 Å². The third-order valence-corrected chi connectivity index (χ3v) is 6.40. The summed E-state index contributed by atoms with van der Waals surface area (Å²) in [5.41, 5.74) is -0.0910. The second kappa shape index (κ2) is 9.65. The van der Waals surface area contributed by atoms with Gasteiger partial charge in [-0.1, -0.05) is 12.1 Å². The predicted octanol–water partition coefficient (Wildman–Crippen LogP) is 6.10. The molecule has 0 bridgehead atoms. The van der Waals surface area contributed by atoms with Gasteiger partial charge in [-0.15, -0.1) is 0 Å². The number of amides is 1. The Hall–Kier alpha value is -3.68. The fourth-order valence-corrected chi connectivity index (χ4v) is 4.39. The molecular formula is C25H14F5IN2O4. The number of ether oxygens (including phenoxy) is 3. The smallest absolute Gasteiger partial charge is 0.280 e. The van der Waals surface area contributed by atoms with Gasteiger partial charge in [0.2, 0.25) is 12.6 Å². The molecule has 6 nitrogen and oxygen atoms in total. The van der Waals surface area contributed by atoms with Crippen LogP contribution in [0.25, 0.3) is 6.08 Å². The van der Waals surface area contributed by atoms with Crippen LogP contribution in [-0.2, 0) is 11.4 Å². The molecular weight excluding hydrogens is 614 g/mol. The number of hydrazone groups is 1. The molecule has 190 valence electrons. The topological polar surface area (TPSA) is 60.4 Å². The van der Waals surface area contributed by atoms with Crippen molar-refractivity contribution in [1.29, 1.82) is 0 Å². The average molecular weight is 628 g/mol. The minimum absolute atomic E-state index is 0.0343. The van der Waals surface area contributed by atoms with Crippen molar-refractivity contribution in [2.45, 2.75) is 13.5 Å². The molecule has 2 aliphatic rings. The summed E-state index contributed by atoms with van der Waals surface area (Å²) in [6.07, 6.45) is 1.40. The van der Waals surface area contributed by atoms with E-state index in [0.29, 0.717) is 26.4 Å². The van der Waals surface area contributed by atoms with Gasteiger partial charge >= 0.3 is 0 Å². The summed E-state index contributed by atoms with van der Waals surface area (Å²) in [6, 6.07) is 10.5. The first kappa shape index (κ1) is 25.0. The molecule has 3 aromatic carbocycles. The van der Waals surface area contributed by atoms with Crippen molar-refractivity contribution in [3.05, 3.63) is 85.8 Å². The monoisotopic (exact) mass is 628 g/mol. The van der Waals surface area contributed by atoms with Crippen molar-refractivity contribution in [1.82, 2.24) is 0 Å². The molecule has 3 aromatic rings. The van der Waals surface area contributed by atoms with Crippen LogP contribution in [0.1, 0.15) is 18.1 Å². The van der Waals surface area contributed by atoms with E-state index in [1.807, 2.05) is 34.7 Å². The first-order valence-corrected chi connectivity index (χ1v) is 11.7. The lowest BCUT2D eigenvalue weighted by atomic mass is 10.1. The van der Waals surface area contributed by atoms with Crippen LogP contribution in [0.4, 0.5) is 27.6 Å². The molecule has 0 fully saturated rings. The van der Waals surface area contributed by atoms with Crippen molar-refractivity contribution in [3.63, 3.8) is 0 Å². The van der Waals surface area contributed by atoms with Crippen molar-refractivity contribution < 1.29 is 41.0 Å². The fraction of sp³-hybridized carbons (Fsp3) is 0.120. The van der Waals surface area contributed by atoms with E-state index in [1.165, 1.54) is 13.0 Å². The molecule has 0 saturated heterocycles. The zero-order valence-corrected chi connectivity index (χ0v) is 20.9. The lowest BCUT2D eigenvalue weighted by Crippen LogP contribution is -2.25. The Morgan fingerprint density at radius 2 is 1.65 bits per heavy atom. The van der Waals surface area contributed by atoms with Gasteiger partial charge in [-0.05, 0) is 71.0 Å². The van der Waals surface area contributed by atoms with Gasteiger partial charge in [0.1, 0.15) is 18.0 Å². The Balaban J connectivity index is 1.36. The van der Waals surface area contributed by atoms with E-state index in [4.69, 9.17) is 14.2 Å². The largest absolute Gasteiger partial charge is 0.488 e. The number of carbonyl (C=O) groups is 1. The van der Waals surface area contributed by atoms with E-state index in [1.54, 1.807) is 24.3 Å². The first-order valence-electron chi connectivity index (χ1n) is 10.6. The Labute approximate surface area is 220 Å². The highest BCUT2D eigenvalue weighted by Crippen LogP contribution is 2.35. The number of benzene rings is 3. The van der Waals surface area contributed by atoms with Crippen LogP contribution in [0.3, 0.4) is 0 Å². The second-order valence-electron chi connectivity index (χ2n) is 7.95. The normalized spacial score (nSPS) is 15.5. The number of rotatable bonds is 5. The van der Waals surface area contributed by atoms with E-state index in [2.05, 4.69) is 5.10 Å². The van der Waals surface area contributed by atoms with Gasteiger partial charge in [0.05, 0.1) is 14.9 Å². The highest BCUT2D eigenvalue weighted by Gasteiger charge is 2.37. The molecule has 0 radical (unpaired) electrons. The number of halogens is 6. The van der Waals surface area contributed by atoms with Crippen molar-refractivity contribution in [2.24, 2.45) is 5.10 Å². The molecule has 0 aliphatic carbocycles. The minimum Gasteiger partial charge on any atom is -0.488 e. The summed E-state index contributed by atoms with van der Waals surface area (Å²) < 4.78 is 86.4. The minimum atomic E-state index is -2.32. The molecule has 2 heterocycles. The van der Waals surface area contributed by atoms with E-state index in [9.17, 15) is 26.7 Å². The van der Waals surface area contributed by atoms with Gasteiger partial charge in [-0.25, -0.2) is 22.0 Å². The molecule has 0 saturated carbocycles. The Kier molecular flexibility index (Phi) is 6.52. The van der Waals surface area contributed by atoms with Crippen LogP contribution in [0, 0.1) is 32.7 Å². The number of anilines is 1. The number of nitrogens with zero attached hydrogens (tertiary/aromatic N) is 2. The first-order chi connectivity index (χ1) is 17.7. The maximum absolute atomic E-state index is 14.2. The maximum atomic E-state index is 14.2. The molecule has 1 amide bonds. The second-order valence-corrected chi connectivity index (χ2v) is 9.11. The molecule has 12 heteroatoms. The quantitative estimate of drug-likeness (QED) is 0.113. The molecule has 5 rings (SSSR count). The van der Waals surface area contributed by atoms with Crippen LogP contribution in [0.2, 0.25) is 0 Å². The van der Waals surface area contributed by atoms with Crippen LogP contribution in [0.5, 0.6) is 17.2 Å². The lowest BCUT2D eigenvalue weighted by molar-refractivity contribution is -0.114. The van der Waals surface area contributed by atoms with Gasteiger partial charge in [0, 0.05) is 0 Å². The van der Waals surface area contributed by atoms with E-state index >= 15 is 0 Å². The zero-order valence-electron chi connectivity index (χ0n) is 18.8. The fourth-order valence-electron chi connectivity index (χ4n) is 3.70. The average Bonchev–Trinajstić information content (AvgIpc) is 3.45. The van der Waals surface area contributed by atoms with E-state index in [0.717, 1.165) is 5.56 Å². The van der Waals surface area contributed by atoms with Crippen LogP contribution < -0.4 is 19.2 Å². The van der Waals surface area contributed by atoms with Crippen LogP contribution >= 0.6 is 22.6 Å². The van der Waals surface area contributed by atoms with Crippen molar-refractivity contribution >= 4 is 46.0 Å². The van der Waals surface area contributed by atoms with Crippen molar-refractivity contribution in [3.8, 4) is 17.2 Å². The van der Waals surface area contributed by atoms with Gasteiger partial charge in [-0.3, -0.25) is 4.79 Å².